The third-order valence-corrected chi connectivity index (χ3v) is 18.8. The summed E-state index contributed by atoms with van der Waals surface area (Å²) < 4.78 is 50.7. The number of nitrogens with one attached hydrogen (secondary N) is 8. The molecule has 17 N–H and O–H groups in total. The third-order valence-electron chi connectivity index (χ3n) is 17.7. The van der Waals surface area contributed by atoms with E-state index in [1.807, 2.05) is 72.9 Å². The number of phenols is 1. The van der Waals surface area contributed by atoms with Gasteiger partial charge in [-0.05, 0) is 125 Å². The molecule has 3 aliphatic rings. The monoisotopic (exact) mass is 1540 g/mol. The first-order valence-corrected chi connectivity index (χ1v) is 38.1. The highest BCUT2D eigenvalue weighted by molar-refractivity contribution is 7.46. The van der Waals surface area contributed by atoms with Crippen LogP contribution in [0.3, 0.4) is 0 Å². The second kappa shape index (κ2) is 43.4. The first-order chi connectivity index (χ1) is 52.1. The van der Waals surface area contributed by atoms with Gasteiger partial charge in [0.15, 0.2) is 6.10 Å². The Morgan fingerprint density at radius 1 is 0.679 bits per heavy atom. The summed E-state index contributed by atoms with van der Waals surface area (Å²) in [5, 5.41) is 27.5. The van der Waals surface area contributed by atoms with E-state index < -0.39 is 119 Å². The van der Waals surface area contributed by atoms with Gasteiger partial charge in [-0.1, -0.05) is 137 Å². The average molecular weight is 1540 g/mol. The number of nitrogens with two attached hydrogens (primary N) is 3. The second-order valence-corrected chi connectivity index (χ2v) is 28.9. The van der Waals surface area contributed by atoms with Gasteiger partial charge in [-0.3, -0.25) is 54.5 Å². The highest BCUT2D eigenvalue weighted by atomic mass is 31.2. The summed E-state index contributed by atoms with van der Waals surface area (Å²) in [6, 6.07) is 33.1. The number of aromatic nitrogens is 1. The molecule has 0 bridgehead atoms. The minimum Gasteiger partial charge on any atom is -0.508 e. The summed E-state index contributed by atoms with van der Waals surface area (Å²) in [4.78, 5) is 129. The van der Waals surface area contributed by atoms with E-state index in [1.165, 1.54) is 25.1 Å². The van der Waals surface area contributed by atoms with Crippen molar-refractivity contribution in [3.05, 3.63) is 211 Å². The van der Waals surface area contributed by atoms with Gasteiger partial charge in [0.2, 0.25) is 42.2 Å². The van der Waals surface area contributed by atoms with Crippen LogP contribution in [0.25, 0.3) is 22.0 Å². The molecule has 9 rings (SSSR count). The molecule has 3 aliphatic carbocycles. The van der Waals surface area contributed by atoms with Crippen LogP contribution in [0, 0.1) is 17.3 Å². The standard InChI is InChI=1S/C39H42N3O8P.C35H49N8O10P.2C2H4/c1-39(2,3)37(44)47-24-49-51(46)48-23-27(42-38(45)50-35-32-15-6-4-13-30(32)31-14-5-7-16-33(31)35)21-25-11-10-17-29(25)36(43)40-20-19-26-22-41-34-18-9-8-12-28(26)34;1-21(44)40-29(17-22-7-3-2-4-8-22)34(49)43-30(18-23-12-14-26(45)15-13-23)33(48)41-25(20-53-54(50,51)52)19-24-9-5-10-27(24)32(47)42-28(31(36)46)11-6-16-39-35(37)38;2*1-2/h4-9,12-16,18,21-22,27,29,35,41H,10-11,17,19-20,23-24H2,1-3H3,(H-,40,42,43,45);2-4,7-8,12-15,19,25,27-30,45H,5-6,9-11,16-18,20H2,1H3,(H2,36,46)(H,40,44)(H,41,48)(H,42,47)(H,43,49)(H4,37,38,39)(H2,50,51,52);2*1-2H2/p+2/b25-21-;24-19-;;/t27-,29-;25-,27-,28+,29+,30+;;/m11../s1. The fourth-order valence-corrected chi connectivity index (χ4v) is 13.4. The van der Waals surface area contributed by atoms with E-state index in [0.717, 1.165) is 56.3 Å². The molecule has 2 fully saturated rings. The molecule has 6 aromatic rings. The molecule has 5 aromatic carbocycles. The number of primary amides is 1. The number of benzene rings is 5. The quantitative estimate of drug-likeness (QED) is 0.00381. The lowest BCUT2D eigenvalue weighted by atomic mass is 9.98. The van der Waals surface area contributed by atoms with Gasteiger partial charge in [-0.25, -0.2) is 9.36 Å². The molecule has 0 radical (unpaired) electrons. The molecule has 2 saturated carbocycles. The number of alkyl carbamates (subject to hydrolysis) is 1. The van der Waals surface area contributed by atoms with Crippen molar-refractivity contribution in [2.75, 3.05) is 33.1 Å². The summed E-state index contributed by atoms with van der Waals surface area (Å²) in [5.74, 6) is -4.93. The van der Waals surface area contributed by atoms with Crippen molar-refractivity contribution >= 4 is 80.4 Å². The van der Waals surface area contributed by atoms with E-state index in [2.05, 4.69) is 74.3 Å². The smallest absolute Gasteiger partial charge is 0.508 e. The Labute approximate surface area is 634 Å². The predicted molar refractivity (Wildman–Crippen MR) is 412 cm³/mol. The Morgan fingerprint density at radius 2 is 1.23 bits per heavy atom. The van der Waals surface area contributed by atoms with Gasteiger partial charge in [0.05, 0.1) is 42.5 Å². The third kappa shape index (κ3) is 28.1. The molecular weight excluding hydrogens is 1440 g/mol. The Morgan fingerprint density at radius 3 is 1.82 bits per heavy atom. The lowest BCUT2D eigenvalue weighted by molar-refractivity contribution is -0.459. The van der Waals surface area contributed by atoms with Crippen LogP contribution in [0.5, 0.6) is 5.75 Å². The predicted octanol–water partition coefficient (Wildman–Crippen LogP) is 6.85. The van der Waals surface area contributed by atoms with Crippen molar-refractivity contribution in [3.63, 3.8) is 0 Å². The molecule has 8 atom stereocenters. The maximum atomic E-state index is 14.0. The molecule has 109 heavy (non-hydrogen) atoms. The number of carbonyl (C=O) groups excluding carboxylic acids is 8. The maximum absolute atomic E-state index is 14.0. The first-order valence-electron chi connectivity index (χ1n) is 35.5. The van der Waals surface area contributed by atoms with E-state index in [4.69, 9.17) is 40.2 Å². The molecule has 31 heteroatoms. The van der Waals surface area contributed by atoms with Gasteiger partial charge in [0, 0.05) is 59.1 Å². The van der Waals surface area contributed by atoms with E-state index in [-0.39, 0.29) is 49.4 Å². The van der Waals surface area contributed by atoms with Crippen LogP contribution < -0.4 is 54.1 Å². The van der Waals surface area contributed by atoms with Crippen LogP contribution in [0.1, 0.15) is 113 Å². The lowest BCUT2D eigenvalue weighted by Gasteiger charge is -2.25. The van der Waals surface area contributed by atoms with Crippen molar-refractivity contribution in [3.8, 4) is 16.9 Å². The van der Waals surface area contributed by atoms with E-state index in [0.29, 0.717) is 69.2 Å². The topological polar surface area (TPSA) is 458 Å². The number of esters is 1. The number of hydrogen-bond donors (Lipinski definition) is 14. The molecule has 1 aromatic heterocycles. The number of hydrogen-bond acceptors (Lipinski definition) is 16. The van der Waals surface area contributed by atoms with Crippen molar-refractivity contribution in [2.45, 2.75) is 135 Å². The summed E-state index contributed by atoms with van der Waals surface area (Å²) in [5.41, 5.74) is 24.2. The number of rotatable bonds is 33. The fraction of sp³-hybridized carbons (Fsp3) is 0.372. The summed E-state index contributed by atoms with van der Waals surface area (Å²) in [6.07, 6.45) is 8.69. The summed E-state index contributed by atoms with van der Waals surface area (Å²) in [7, 11) is -7.72. The number of para-hydroxylation sites is 1. The van der Waals surface area contributed by atoms with E-state index in [9.17, 15) is 62.4 Å². The Kier molecular flexibility index (Phi) is 34.7. The number of phosphoric acid groups is 1. The number of carbonyl (C=O) groups is 8. The fourth-order valence-electron chi connectivity index (χ4n) is 12.6. The number of fused-ring (bicyclic) bond motifs is 4. The normalized spacial score (nSPS) is 16.5. The molecular formula is C78H101N11O18P2+2. The Balaban J connectivity index is 0.000000326. The van der Waals surface area contributed by atoms with E-state index >= 15 is 0 Å². The highest BCUT2D eigenvalue weighted by Crippen LogP contribution is 2.45. The van der Waals surface area contributed by atoms with Crippen LogP contribution in [0.4, 0.5) is 4.79 Å². The number of guanidine groups is 1. The van der Waals surface area contributed by atoms with Crippen molar-refractivity contribution in [1.29, 1.82) is 0 Å². The van der Waals surface area contributed by atoms with Gasteiger partial charge in [0.25, 0.3) is 0 Å². The second-order valence-electron chi connectivity index (χ2n) is 26.7. The summed E-state index contributed by atoms with van der Waals surface area (Å²) >= 11 is 0. The maximum Gasteiger partial charge on any atom is 0.701 e. The van der Waals surface area contributed by atoms with Crippen LogP contribution >= 0.6 is 16.1 Å². The van der Waals surface area contributed by atoms with Crippen molar-refractivity contribution < 1.29 is 90.4 Å². The number of phosphoric ester groups is 1. The zero-order valence-corrected chi connectivity index (χ0v) is 63.5. The minimum absolute atomic E-state index is 0.00562. The number of H-pyrrole nitrogens is 1. The molecule has 0 saturated heterocycles. The molecule has 29 nitrogen and oxygen atoms in total. The zero-order valence-electron chi connectivity index (χ0n) is 61.7. The zero-order chi connectivity index (χ0) is 79.8. The van der Waals surface area contributed by atoms with Crippen LogP contribution in [0.15, 0.2) is 183 Å². The highest BCUT2D eigenvalue weighted by Gasteiger charge is 2.37. The molecule has 1 unspecified atom stereocenters. The Bertz CT molecular complexity index is 4180. The molecule has 1 heterocycles. The van der Waals surface area contributed by atoms with Gasteiger partial charge in [-0.2, -0.15) is 0 Å². The van der Waals surface area contributed by atoms with Gasteiger partial charge in [-0.15, -0.1) is 30.8 Å². The minimum atomic E-state index is -5.03. The number of aromatic hydroxyl groups is 1. The number of aromatic amines is 1. The number of ether oxygens (including phenoxy) is 2. The Hall–Kier alpha value is -10.6. The van der Waals surface area contributed by atoms with Crippen LogP contribution in [-0.2, 0) is 85.0 Å². The van der Waals surface area contributed by atoms with Crippen LogP contribution in [-0.4, -0.2) is 137 Å². The largest absolute Gasteiger partial charge is 0.701 e. The van der Waals surface area contributed by atoms with Gasteiger partial charge < -0.3 is 67.0 Å². The molecule has 7 amide bonds. The SMILES string of the molecule is C=C.C=C.CC(=O)N[C@@H](Cc1ccccc1)C(=O)N[C@@H](Cc1ccc(O)cc1)C(=O)N[C@H](/C=C1/CCC[C@H]1C(=O)N[C@@H](CCC[NH+]=C(N)N)C(N)=O)COP(=O)(O)O.CC(C)(C)C(=O)OCO[P+](=O)OC[C@@H](/C=C1/CCC[C@H]1C(=O)NCCc1c[nH]c2ccccc12)NC(=O)OC1c2ccccc2-c2ccccc21. The first kappa shape index (κ1) is 87.3. The van der Waals surface area contributed by atoms with Crippen molar-refractivity contribution in [1.82, 2.24) is 36.9 Å². The average Bonchev–Trinajstić information content (AvgIpc) is 1.61. The van der Waals surface area contributed by atoms with E-state index in [1.54, 1.807) is 69.3 Å². The summed E-state index contributed by atoms with van der Waals surface area (Å²) in [6.45, 7) is 17.7. The number of amides is 7. The molecule has 0 aliphatic heterocycles. The van der Waals surface area contributed by atoms with Crippen molar-refractivity contribution in [2.24, 2.45) is 34.5 Å². The lowest BCUT2D eigenvalue weighted by Crippen LogP contribution is -2.78. The molecule has 584 valence electrons. The number of phenolic OH excluding ortho intramolecular Hbond substituents is 1. The van der Waals surface area contributed by atoms with Gasteiger partial charge >= 0.3 is 34.1 Å². The van der Waals surface area contributed by atoms with Crippen LogP contribution in [0.2, 0.25) is 0 Å². The van der Waals surface area contributed by atoms with Gasteiger partial charge in [0.1, 0.15) is 30.5 Å². The molecule has 0 spiro atoms.